The van der Waals surface area contributed by atoms with E-state index in [-0.39, 0.29) is 24.0 Å². The minimum Gasteiger partial charge on any atom is -0.368 e. The molecule has 30 heavy (non-hydrogen) atoms. The van der Waals surface area contributed by atoms with Crippen LogP contribution in [0.2, 0.25) is 0 Å². The molecule has 0 atom stereocenters. The molecule has 0 unspecified atom stereocenters. The molecular formula is C22H21F2N3OS2. The minimum atomic E-state index is -0.248. The fraction of sp³-hybridized carbons (Fsp3) is 0.273. The normalized spacial score (nSPS) is 14.2. The molecule has 0 N–H and O–H groups in total. The highest BCUT2D eigenvalue weighted by Gasteiger charge is 2.22. The molecule has 8 heteroatoms. The number of aromatic nitrogens is 1. The summed E-state index contributed by atoms with van der Waals surface area (Å²) in [4.78, 5) is 21.2. The third kappa shape index (κ3) is 5.17. The second-order valence-electron chi connectivity index (χ2n) is 7.01. The average molecular weight is 446 g/mol. The van der Waals surface area contributed by atoms with Crippen molar-refractivity contribution >= 4 is 34.7 Å². The number of hydrogen-bond acceptors (Lipinski definition) is 5. The van der Waals surface area contributed by atoms with E-state index in [1.54, 1.807) is 24.3 Å². The molecule has 4 nitrogen and oxygen atoms in total. The Morgan fingerprint density at radius 1 is 1.03 bits per heavy atom. The van der Waals surface area contributed by atoms with Gasteiger partial charge in [-0.1, -0.05) is 30.0 Å². The molecule has 0 bridgehead atoms. The van der Waals surface area contributed by atoms with Gasteiger partial charge in [-0.15, -0.1) is 11.3 Å². The molecule has 2 aromatic carbocycles. The van der Waals surface area contributed by atoms with Crippen molar-refractivity contribution in [2.45, 2.75) is 16.5 Å². The predicted molar refractivity (Wildman–Crippen MR) is 117 cm³/mol. The molecule has 1 fully saturated rings. The number of halogens is 2. The summed E-state index contributed by atoms with van der Waals surface area (Å²) >= 11 is 2.96. The van der Waals surface area contributed by atoms with E-state index < -0.39 is 0 Å². The third-order valence-corrected chi connectivity index (χ3v) is 7.11. The van der Waals surface area contributed by atoms with Gasteiger partial charge in [0.15, 0.2) is 0 Å². The van der Waals surface area contributed by atoms with Crippen molar-refractivity contribution in [1.29, 1.82) is 0 Å². The smallest absolute Gasteiger partial charge is 0.228 e. The summed E-state index contributed by atoms with van der Waals surface area (Å²) in [6.45, 7) is 2.71. The Morgan fingerprint density at radius 3 is 2.50 bits per heavy atom. The topological polar surface area (TPSA) is 36.4 Å². The molecule has 2 heterocycles. The number of carbonyl (C=O) groups is 1. The van der Waals surface area contributed by atoms with Crippen LogP contribution in [0.4, 0.5) is 14.5 Å². The van der Waals surface area contributed by atoms with Crippen molar-refractivity contribution in [2.24, 2.45) is 0 Å². The van der Waals surface area contributed by atoms with Crippen molar-refractivity contribution in [1.82, 2.24) is 9.88 Å². The first-order valence-corrected chi connectivity index (χ1v) is 11.5. The maximum Gasteiger partial charge on any atom is 0.228 e. The van der Waals surface area contributed by atoms with E-state index in [1.165, 1.54) is 41.3 Å². The van der Waals surface area contributed by atoms with Crippen molar-refractivity contribution in [3.8, 4) is 0 Å². The first-order valence-electron chi connectivity index (χ1n) is 9.67. The average Bonchev–Trinajstić information content (AvgIpc) is 3.21. The molecular weight excluding hydrogens is 424 g/mol. The first-order chi connectivity index (χ1) is 14.6. The molecule has 1 aliphatic heterocycles. The van der Waals surface area contributed by atoms with Gasteiger partial charge in [-0.25, -0.2) is 13.8 Å². The maximum atomic E-state index is 13.7. The molecule has 0 radical (unpaired) electrons. The van der Waals surface area contributed by atoms with Crippen LogP contribution in [-0.4, -0.2) is 42.0 Å². The number of thioether (sulfide) groups is 1. The van der Waals surface area contributed by atoms with Gasteiger partial charge < -0.3 is 9.80 Å². The van der Waals surface area contributed by atoms with Crippen LogP contribution < -0.4 is 4.90 Å². The number of benzene rings is 2. The van der Waals surface area contributed by atoms with E-state index in [0.717, 1.165) is 28.8 Å². The van der Waals surface area contributed by atoms with Gasteiger partial charge in [-0.3, -0.25) is 4.79 Å². The zero-order chi connectivity index (χ0) is 20.9. The summed E-state index contributed by atoms with van der Waals surface area (Å²) in [6.07, 6.45) is 0.271. The van der Waals surface area contributed by atoms with Gasteiger partial charge in [0.05, 0.1) is 12.1 Å². The molecule has 156 valence electrons. The lowest BCUT2D eigenvalue weighted by Gasteiger charge is -2.36. The fourth-order valence-corrected chi connectivity index (χ4v) is 5.15. The minimum absolute atomic E-state index is 0.0599. The van der Waals surface area contributed by atoms with E-state index in [1.807, 2.05) is 16.3 Å². The molecule has 0 aliphatic carbocycles. The van der Waals surface area contributed by atoms with Crippen LogP contribution >= 0.6 is 23.1 Å². The molecule has 0 saturated carbocycles. The highest BCUT2D eigenvalue weighted by atomic mass is 32.2. The molecule has 4 rings (SSSR count). The Labute approximate surface area is 182 Å². The van der Waals surface area contributed by atoms with E-state index in [2.05, 4.69) is 9.88 Å². The van der Waals surface area contributed by atoms with E-state index in [4.69, 9.17) is 0 Å². The van der Waals surface area contributed by atoms with Crippen LogP contribution in [0.5, 0.6) is 0 Å². The van der Waals surface area contributed by atoms with Crippen molar-refractivity contribution in [3.05, 3.63) is 76.8 Å². The molecule has 3 aromatic rings. The molecule has 1 aliphatic rings. The third-order valence-electron chi connectivity index (χ3n) is 5.00. The number of carbonyl (C=O) groups excluding carboxylic acids is 1. The van der Waals surface area contributed by atoms with Crippen LogP contribution in [0.25, 0.3) is 0 Å². The molecule has 1 aromatic heterocycles. The van der Waals surface area contributed by atoms with E-state index >= 15 is 0 Å². The van der Waals surface area contributed by atoms with Crippen molar-refractivity contribution < 1.29 is 13.6 Å². The van der Waals surface area contributed by atoms with E-state index in [0.29, 0.717) is 24.4 Å². The van der Waals surface area contributed by atoms with Gasteiger partial charge in [0.2, 0.25) is 5.91 Å². The van der Waals surface area contributed by atoms with Crippen LogP contribution in [-0.2, 0) is 17.0 Å². The van der Waals surface area contributed by atoms with Gasteiger partial charge in [-0.05, 0) is 35.9 Å². The number of piperazine rings is 1. The Balaban J connectivity index is 1.26. The van der Waals surface area contributed by atoms with Crippen LogP contribution in [0.3, 0.4) is 0 Å². The number of nitrogens with zero attached hydrogens (tertiary/aromatic N) is 3. The summed E-state index contributed by atoms with van der Waals surface area (Å²) in [5.41, 5.74) is 2.37. The monoisotopic (exact) mass is 445 g/mol. The highest BCUT2D eigenvalue weighted by molar-refractivity contribution is 8.00. The SMILES string of the molecule is O=C(Cc1csc(SCc2ccccc2F)n1)N1CCN(c2ccc(F)cc2)CC1. The molecule has 1 saturated heterocycles. The molecule has 0 spiro atoms. The highest BCUT2D eigenvalue weighted by Crippen LogP contribution is 2.27. The summed E-state index contributed by atoms with van der Waals surface area (Å²) < 4.78 is 27.7. The fourth-order valence-electron chi connectivity index (χ4n) is 3.32. The molecule has 1 amide bonds. The van der Waals surface area contributed by atoms with Crippen LogP contribution in [0.15, 0.2) is 58.3 Å². The Bertz CT molecular complexity index is 1000. The quantitative estimate of drug-likeness (QED) is 0.520. The summed E-state index contributed by atoms with van der Waals surface area (Å²) in [5.74, 6) is 0.113. The second-order valence-corrected chi connectivity index (χ2v) is 9.09. The number of hydrogen-bond donors (Lipinski definition) is 0. The van der Waals surface area contributed by atoms with E-state index in [9.17, 15) is 13.6 Å². The van der Waals surface area contributed by atoms with Gasteiger partial charge in [0.25, 0.3) is 0 Å². The Hall–Kier alpha value is -2.45. The Kier molecular flexibility index (Phi) is 6.64. The summed E-state index contributed by atoms with van der Waals surface area (Å²) in [6, 6.07) is 13.2. The Morgan fingerprint density at radius 2 is 1.77 bits per heavy atom. The zero-order valence-corrected chi connectivity index (χ0v) is 17.9. The standard InChI is InChI=1S/C22H21F2N3OS2/c23-17-5-7-19(8-6-17)26-9-11-27(12-10-26)21(28)13-18-15-30-22(25-18)29-14-16-3-1-2-4-20(16)24/h1-8,15H,9-14H2. The number of anilines is 1. The summed E-state index contributed by atoms with van der Waals surface area (Å²) in [5, 5.41) is 1.90. The second kappa shape index (κ2) is 9.57. The van der Waals surface area contributed by atoms with Gasteiger partial charge >= 0.3 is 0 Å². The lowest BCUT2D eigenvalue weighted by molar-refractivity contribution is -0.130. The summed E-state index contributed by atoms with van der Waals surface area (Å²) in [7, 11) is 0. The number of amides is 1. The number of thiazole rings is 1. The largest absolute Gasteiger partial charge is 0.368 e. The van der Waals surface area contributed by atoms with Gasteiger partial charge in [-0.2, -0.15) is 0 Å². The van der Waals surface area contributed by atoms with Gasteiger partial charge in [0, 0.05) is 43.0 Å². The lowest BCUT2D eigenvalue weighted by atomic mass is 10.2. The predicted octanol–water partition coefficient (Wildman–Crippen LogP) is 4.60. The first kappa shape index (κ1) is 20.8. The van der Waals surface area contributed by atoms with Crippen molar-refractivity contribution in [3.63, 3.8) is 0 Å². The van der Waals surface area contributed by atoms with Crippen LogP contribution in [0, 0.1) is 11.6 Å². The lowest BCUT2D eigenvalue weighted by Crippen LogP contribution is -2.49. The maximum absolute atomic E-state index is 13.7. The number of rotatable bonds is 6. The van der Waals surface area contributed by atoms with Crippen LogP contribution in [0.1, 0.15) is 11.3 Å². The van der Waals surface area contributed by atoms with Crippen molar-refractivity contribution in [2.75, 3.05) is 31.1 Å². The zero-order valence-electron chi connectivity index (χ0n) is 16.3. The van der Waals surface area contributed by atoms with Gasteiger partial charge in [0.1, 0.15) is 16.0 Å².